The second-order valence-corrected chi connectivity index (χ2v) is 6.63. The first kappa shape index (κ1) is 20.7. The second kappa shape index (κ2) is 11.2. The van der Waals surface area contributed by atoms with Gasteiger partial charge in [0.2, 0.25) is 0 Å². The van der Waals surface area contributed by atoms with E-state index in [9.17, 15) is 4.79 Å². The molecular weight excluding hydrogens is 408 g/mol. The van der Waals surface area contributed by atoms with Gasteiger partial charge in [-0.1, -0.05) is 47.1 Å². The molecule has 0 aliphatic heterocycles. The average molecular weight is 431 g/mol. The van der Waals surface area contributed by atoms with Crippen molar-refractivity contribution in [3.05, 3.63) is 70.7 Å². The minimum absolute atomic E-state index is 0.122. The van der Waals surface area contributed by atoms with Crippen molar-refractivity contribution in [2.24, 2.45) is 5.10 Å². The molecule has 0 radical (unpaired) electrons. The van der Waals surface area contributed by atoms with Crippen LogP contribution in [0.1, 0.15) is 24.5 Å². The summed E-state index contributed by atoms with van der Waals surface area (Å²) in [7, 11) is 0. The number of allylic oxidation sites excluding steroid dienone is 1. The number of carbonyl (C=O) groups excluding carboxylic acids is 1. The third-order valence-corrected chi connectivity index (χ3v) is 4.02. The van der Waals surface area contributed by atoms with Crippen molar-refractivity contribution < 1.29 is 14.3 Å². The van der Waals surface area contributed by atoms with Crippen LogP contribution in [0.2, 0.25) is 0 Å². The number of halogens is 1. The van der Waals surface area contributed by atoms with Crippen LogP contribution in [0.4, 0.5) is 0 Å². The summed E-state index contributed by atoms with van der Waals surface area (Å²) < 4.78 is 12.2. The van der Waals surface area contributed by atoms with Gasteiger partial charge < -0.3 is 9.47 Å². The number of hydrazone groups is 1. The number of benzene rings is 2. The summed E-state index contributed by atoms with van der Waals surface area (Å²) in [6.45, 7) is 6.26. The van der Waals surface area contributed by atoms with E-state index in [1.165, 1.54) is 0 Å². The van der Waals surface area contributed by atoms with Gasteiger partial charge in [0.15, 0.2) is 6.61 Å². The molecule has 142 valence electrons. The van der Waals surface area contributed by atoms with Crippen molar-refractivity contribution in [3.63, 3.8) is 0 Å². The molecule has 2 rings (SSSR count). The van der Waals surface area contributed by atoms with Gasteiger partial charge in [-0.2, -0.15) is 5.10 Å². The first-order valence-electron chi connectivity index (χ1n) is 8.70. The molecule has 2 aromatic carbocycles. The Morgan fingerprint density at radius 3 is 2.81 bits per heavy atom. The lowest BCUT2D eigenvalue weighted by atomic mass is 10.1. The Kier molecular flexibility index (Phi) is 8.58. The van der Waals surface area contributed by atoms with Crippen LogP contribution in [0.3, 0.4) is 0 Å². The highest BCUT2D eigenvalue weighted by atomic mass is 79.9. The lowest BCUT2D eigenvalue weighted by Gasteiger charge is -2.10. The van der Waals surface area contributed by atoms with Crippen LogP contribution < -0.4 is 14.9 Å². The summed E-state index contributed by atoms with van der Waals surface area (Å²) in [5.41, 5.74) is 4.23. The van der Waals surface area contributed by atoms with Crippen LogP contribution in [-0.4, -0.2) is 25.3 Å². The highest BCUT2D eigenvalue weighted by Crippen LogP contribution is 2.22. The molecule has 0 aliphatic rings. The van der Waals surface area contributed by atoms with Crippen molar-refractivity contribution in [1.29, 1.82) is 0 Å². The number of para-hydroxylation sites is 1. The predicted molar refractivity (Wildman–Crippen MR) is 112 cm³/mol. The van der Waals surface area contributed by atoms with E-state index in [0.29, 0.717) is 24.5 Å². The third kappa shape index (κ3) is 6.90. The second-order valence-electron chi connectivity index (χ2n) is 5.71. The van der Waals surface area contributed by atoms with Gasteiger partial charge in [-0.15, -0.1) is 6.58 Å². The van der Waals surface area contributed by atoms with Gasteiger partial charge in [0.05, 0.1) is 12.8 Å². The van der Waals surface area contributed by atoms with Gasteiger partial charge in [-0.05, 0) is 42.7 Å². The molecule has 5 nitrogen and oxygen atoms in total. The molecule has 2 aromatic rings. The maximum Gasteiger partial charge on any atom is 0.277 e. The van der Waals surface area contributed by atoms with E-state index < -0.39 is 0 Å². The van der Waals surface area contributed by atoms with Crippen LogP contribution in [0, 0.1) is 0 Å². The van der Waals surface area contributed by atoms with Gasteiger partial charge in [-0.25, -0.2) is 5.43 Å². The Morgan fingerprint density at radius 2 is 2.04 bits per heavy atom. The summed E-state index contributed by atoms with van der Waals surface area (Å²) >= 11 is 3.42. The summed E-state index contributed by atoms with van der Waals surface area (Å²) in [6.07, 6.45) is 4.94. The number of hydrogen-bond acceptors (Lipinski definition) is 4. The maximum absolute atomic E-state index is 12.0. The van der Waals surface area contributed by atoms with Gasteiger partial charge in [0.25, 0.3) is 5.91 Å². The van der Waals surface area contributed by atoms with Crippen LogP contribution >= 0.6 is 15.9 Å². The summed E-state index contributed by atoms with van der Waals surface area (Å²) in [5, 5.41) is 4.00. The Balaban J connectivity index is 1.92. The van der Waals surface area contributed by atoms with Crippen molar-refractivity contribution in [1.82, 2.24) is 5.43 Å². The smallest absolute Gasteiger partial charge is 0.277 e. The molecule has 0 heterocycles. The highest BCUT2D eigenvalue weighted by molar-refractivity contribution is 9.10. The van der Waals surface area contributed by atoms with Crippen LogP contribution in [0.25, 0.3) is 0 Å². The van der Waals surface area contributed by atoms with Crippen molar-refractivity contribution in [3.8, 4) is 11.5 Å². The first-order chi connectivity index (χ1) is 13.1. The lowest BCUT2D eigenvalue weighted by Crippen LogP contribution is -2.24. The van der Waals surface area contributed by atoms with E-state index in [-0.39, 0.29) is 12.5 Å². The molecule has 0 spiro atoms. The Hall–Kier alpha value is -2.60. The molecule has 0 bridgehead atoms. The van der Waals surface area contributed by atoms with Crippen molar-refractivity contribution in [2.75, 3.05) is 13.2 Å². The fourth-order valence-corrected chi connectivity index (χ4v) is 2.66. The Labute approximate surface area is 168 Å². The SMILES string of the molecule is C=CCc1ccccc1OCC(=O)N/N=C/c1cc(Br)ccc1OCCC. The van der Waals surface area contributed by atoms with Crippen molar-refractivity contribution in [2.45, 2.75) is 19.8 Å². The molecule has 0 fully saturated rings. The molecule has 0 saturated carbocycles. The number of ether oxygens (including phenoxy) is 2. The minimum atomic E-state index is -0.342. The molecule has 0 atom stereocenters. The van der Waals surface area contributed by atoms with E-state index in [1.54, 1.807) is 12.3 Å². The molecular formula is C21H23BrN2O3. The first-order valence-corrected chi connectivity index (χ1v) is 9.49. The Morgan fingerprint density at radius 1 is 1.22 bits per heavy atom. The summed E-state index contributed by atoms with van der Waals surface area (Å²) in [4.78, 5) is 12.0. The lowest BCUT2D eigenvalue weighted by molar-refractivity contribution is -0.123. The van der Waals surface area contributed by atoms with Gasteiger partial charge in [0, 0.05) is 10.0 Å². The standard InChI is InChI=1S/C21H23BrN2O3/c1-3-7-16-8-5-6-9-19(16)27-15-21(25)24-23-14-17-13-18(22)10-11-20(17)26-12-4-2/h3,5-6,8-11,13-14H,1,4,7,12,15H2,2H3,(H,24,25)/b23-14+. The normalized spacial score (nSPS) is 10.6. The third-order valence-electron chi connectivity index (χ3n) is 3.52. The number of rotatable bonds is 10. The van der Waals surface area contributed by atoms with E-state index in [1.807, 2.05) is 49.4 Å². The quantitative estimate of drug-likeness (QED) is 0.343. The van der Waals surface area contributed by atoms with Gasteiger partial charge >= 0.3 is 0 Å². The zero-order chi connectivity index (χ0) is 19.5. The molecule has 0 saturated heterocycles. The zero-order valence-corrected chi connectivity index (χ0v) is 16.9. The van der Waals surface area contributed by atoms with E-state index in [2.05, 4.69) is 33.0 Å². The number of nitrogens with one attached hydrogen (secondary N) is 1. The molecule has 6 heteroatoms. The van der Waals surface area contributed by atoms with Crippen molar-refractivity contribution >= 4 is 28.1 Å². The Bertz CT molecular complexity index is 806. The average Bonchev–Trinajstić information content (AvgIpc) is 2.67. The topological polar surface area (TPSA) is 59.9 Å². The monoisotopic (exact) mass is 430 g/mol. The molecule has 1 amide bonds. The molecule has 0 aliphatic carbocycles. The predicted octanol–water partition coefficient (Wildman–Crippen LogP) is 4.50. The van der Waals surface area contributed by atoms with E-state index >= 15 is 0 Å². The van der Waals surface area contributed by atoms with E-state index in [0.717, 1.165) is 22.0 Å². The largest absolute Gasteiger partial charge is 0.493 e. The van der Waals surface area contributed by atoms with Gasteiger partial charge in [0.1, 0.15) is 11.5 Å². The maximum atomic E-state index is 12.0. The summed E-state index contributed by atoms with van der Waals surface area (Å²) in [5.74, 6) is 1.04. The minimum Gasteiger partial charge on any atom is -0.493 e. The number of amides is 1. The highest BCUT2D eigenvalue weighted by Gasteiger charge is 2.06. The van der Waals surface area contributed by atoms with E-state index in [4.69, 9.17) is 9.47 Å². The number of nitrogens with zero attached hydrogens (tertiary/aromatic N) is 1. The van der Waals surface area contributed by atoms with Crippen LogP contribution in [-0.2, 0) is 11.2 Å². The molecule has 27 heavy (non-hydrogen) atoms. The zero-order valence-electron chi connectivity index (χ0n) is 15.3. The van der Waals surface area contributed by atoms with Crippen LogP contribution in [0.5, 0.6) is 11.5 Å². The van der Waals surface area contributed by atoms with Crippen LogP contribution in [0.15, 0.2) is 64.7 Å². The molecule has 0 aromatic heterocycles. The molecule has 1 N–H and O–H groups in total. The fraction of sp³-hybridized carbons (Fsp3) is 0.238. The number of hydrogen-bond donors (Lipinski definition) is 1. The fourth-order valence-electron chi connectivity index (χ4n) is 2.28. The molecule has 0 unspecified atom stereocenters. The van der Waals surface area contributed by atoms with Gasteiger partial charge in [-0.3, -0.25) is 4.79 Å². The number of carbonyl (C=O) groups is 1. The summed E-state index contributed by atoms with van der Waals surface area (Å²) in [6, 6.07) is 13.2.